The molecular weight excluding hydrogens is 258 g/mol. The number of nitrogens with one attached hydrogen (secondary N) is 1. The summed E-state index contributed by atoms with van der Waals surface area (Å²) in [6, 6.07) is 13.3. The van der Waals surface area contributed by atoms with Crippen molar-refractivity contribution in [3.63, 3.8) is 0 Å². The molecule has 1 unspecified atom stereocenters. The first kappa shape index (κ1) is 15.6. The second kappa shape index (κ2) is 6.77. The summed E-state index contributed by atoms with van der Waals surface area (Å²) in [5.74, 6) is 0.945. The van der Waals surface area contributed by atoms with Crippen LogP contribution in [0, 0.1) is 20.8 Å². The van der Waals surface area contributed by atoms with Crippen LogP contribution >= 0.6 is 0 Å². The Kier molecular flexibility index (Phi) is 5.03. The molecule has 0 aliphatic heterocycles. The largest absolute Gasteiger partial charge is 0.496 e. The van der Waals surface area contributed by atoms with Gasteiger partial charge in [-0.05, 0) is 44.5 Å². The molecule has 112 valence electrons. The summed E-state index contributed by atoms with van der Waals surface area (Å²) in [5, 5.41) is 3.58. The first-order valence-corrected chi connectivity index (χ1v) is 7.51. The molecule has 0 bridgehead atoms. The van der Waals surface area contributed by atoms with Gasteiger partial charge in [0.05, 0.1) is 13.2 Å². The number of ether oxygens (including phenoxy) is 1. The zero-order valence-electron chi connectivity index (χ0n) is 13.7. The van der Waals surface area contributed by atoms with E-state index in [1.807, 2.05) is 0 Å². The molecule has 0 fully saturated rings. The smallest absolute Gasteiger partial charge is 0.124 e. The lowest BCUT2D eigenvalue weighted by atomic mass is 9.94. The van der Waals surface area contributed by atoms with Gasteiger partial charge in [0.2, 0.25) is 0 Å². The summed E-state index contributed by atoms with van der Waals surface area (Å²) in [4.78, 5) is 0. The fraction of sp³-hybridized carbons (Fsp3) is 0.368. The minimum atomic E-state index is 0.157. The van der Waals surface area contributed by atoms with Gasteiger partial charge in [0.1, 0.15) is 5.75 Å². The summed E-state index contributed by atoms with van der Waals surface area (Å²) in [6.07, 6.45) is 0. The first-order chi connectivity index (χ1) is 10.0. The van der Waals surface area contributed by atoms with Crippen molar-refractivity contribution in [3.8, 4) is 5.75 Å². The van der Waals surface area contributed by atoms with Crippen molar-refractivity contribution in [3.05, 3.63) is 64.2 Å². The molecule has 0 radical (unpaired) electrons. The maximum atomic E-state index is 5.60. The third kappa shape index (κ3) is 3.64. The lowest BCUT2D eigenvalue weighted by Crippen LogP contribution is -2.22. The number of methoxy groups -OCH3 is 1. The van der Waals surface area contributed by atoms with Gasteiger partial charge in [-0.3, -0.25) is 0 Å². The van der Waals surface area contributed by atoms with E-state index in [0.717, 1.165) is 12.3 Å². The van der Waals surface area contributed by atoms with Gasteiger partial charge >= 0.3 is 0 Å². The van der Waals surface area contributed by atoms with Gasteiger partial charge in [0, 0.05) is 5.56 Å². The van der Waals surface area contributed by atoms with Crippen LogP contribution in [0.25, 0.3) is 0 Å². The lowest BCUT2D eigenvalue weighted by molar-refractivity contribution is 0.404. The van der Waals surface area contributed by atoms with Crippen LogP contribution in [0.3, 0.4) is 0 Å². The van der Waals surface area contributed by atoms with E-state index in [1.165, 1.54) is 27.8 Å². The maximum absolute atomic E-state index is 5.60. The molecule has 2 rings (SSSR count). The molecule has 21 heavy (non-hydrogen) atoms. The molecule has 0 saturated carbocycles. The van der Waals surface area contributed by atoms with Crippen molar-refractivity contribution in [2.24, 2.45) is 0 Å². The van der Waals surface area contributed by atoms with Crippen molar-refractivity contribution in [2.75, 3.05) is 13.7 Å². The number of benzene rings is 2. The normalized spacial score (nSPS) is 12.2. The Morgan fingerprint density at radius 2 is 1.62 bits per heavy atom. The molecule has 0 heterocycles. The molecule has 2 nitrogen and oxygen atoms in total. The highest BCUT2D eigenvalue weighted by Crippen LogP contribution is 2.31. The highest BCUT2D eigenvalue weighted by atomic mass is 16.5. The van der Waals surface area contributed by atoms with Gasteiger partial charge in [-0.25, -0.2) is 0 Å². The monoisotopic (exact) mass is 283 g/mol. The summed E-state index contributed by atoms with van der Waals surface area (Å²) in [7, 11) is 1.74. The van der Waals surface area contributed by atoms with Crippen molar-refractivity contribution in [1.29, 1.82) is 0 Å². The Labute approximate surface area is 128 Å². The number of aryl methyl sites for hydroxylation is 3. The van der Waals surface area contributed by atoms with Crippen LogP contribution in [-0.4, -0.2) is 13.7 Å². The summed E-state index contributed by atoms with van der Waals surface area (Å²) < 4.78 is 5.60. The van der Waals surface area contributed by atoms with Crippen molar-refractivity contribution < 1.29 is 4.74 Å². The fourth-order valence-corrected chi connectivity index (χ4v) is 2.84. The van der Waals surface area contributed by atoms with Gasteiger partial charge in [-0.1, -0.05) is 48.4 Å². The molecule has 0 spiro atoms. The van der Waals surface area contributed by atoms with Crippen molar-refractivity contribution >= 4 is 0 Å². The zero-order valence-corrected chi connectivity index (χ0v) is 13.7. The Balaban J connectivity index is 2.52. The van der Waals surface area contributed by atoms with Gasteiger partial charge < -0.3 is 10.1 Å². The first-order valence-electron chi connectivity index (χ1n) is 7.51. The summed E-state index contributed by atoms with van der Waals surface area (Å²) >= 11 is 0. The topological polar surface area (TPSA) is 21.3 Å². The molecule has 0 amide bonds. The van der Waals surface area contributed by atoms with Gasteiger partial charge in [-0.15, -0.1) is 0 Å². The van der Waals surface area contributed by atoms with Crippen LogP contribution < -0.4 is 10.1 Å². The maximum Gasteiger partial charge on any atom is 0.124 e. The van der Waals surface area contributed by atoms with Crippen LogP contribution in [0.2, 0.25) is 0 Å². The Morgan fingerprint density at radius 3 is 2.19 bits per heavy atom. The van der Waals surface area contributed by atoms with Crippen LogP contribution in [0.1, 0.15) is 40.8 Å². The molecule has 2 aromatic carbocycles. The molecule has 2 heteroatoms. The molecule has 0 aromatic heterocycles. The van der Waals surface area contributed by atoms with Crippen molar-refractivity contribution in [1.82, 2.24) is 5.32 Å². The van der Waals surface area contributed by atoms with E-state index >= 15 is 0 Å². The van der Waals surface area contributed by atoms with Crippen LogP contribution in [0.4, 0.5) is 0 Å². The number of hydrogen-bond donors (Lipinski definition) is 1. The molecule has 0 saturated heterocycles. The average molecular weight is 283 g/mol. The van der Waals surface area contributed by atoms with E-state index in [-0.39, 0.29) is 6.04 Å². The van der Waals surface area contributed by atoms with Gasteiger partial charge in [0.25, 0.3) is 0 Å². The second-order valence-corrected chi connectivity index (χ2v) is 5.66. The molecular formula is C19H25NO. The molecule has 1 atom stereocenters. The molecule has 1 N–H and O–H groups in total. The second-order valence-electron chi connectivity index (χ2n) is 5.66. The number of rotatable bonds is 5. The van der Waals surface area contributed by atoms with E-state index in [0.29, 0.717) is 0 Å². The van der Waals surface area contributed by atoms with Crippen LogP contribution in [-0.2, 0) is 0 Å². The predicted molar refractivity (Wildman–Crippen MR) is 89.2 cm³/mol. The highest BCUT2D eigenvalue weighted by molar-refractivity contribution is 5.45. The Hall–Kier alpha value is -1.80. The van der Waals surface area contributed by atoms with E-state index in [1.54, 1.807) is 7.11 Å². The van der Waals surface area contributed by atoms with E-state index in [2.05, 4.69) is 69.4 Å². The zero-order chi connectivity index (χ0) is 15.4. The average Bonchev–Trinajstić information content (AvgIpc) is 2.44. The summed E-state index contributed by atoms with van der Waals surface area (Å²) in [5.41, 5.74) is 6.27. The Bertz CT molecular complexity index is 599. The predicted octanol–water partition coefficient (Wildman–Crippen LogP) is 4.32. The van der Waals surface area contributed by atoms with E-state index < -0.39 is 0 Å². The quantitative estimate of drug-likeness (QED) is 0.882. The third-order valence-electron chi connectivity index (χ3n) is 3.69. The van der Waals surface area contributed by atoms with Crippen LogP contribution in [0.5, 0.6) is 5.75 Å². The van der Waals surface area contributed by atoms with Crippen molar-refractivity contribution in [2.45, 2.75) is 33.7 Å². The fourth-order valence-electron chi connectivity index (χ4n) is 2.84. The minimum absolute atomic E-state index is 0.157. The standard InChI is InChI=1S/C19H25NO/c1-6-20-19(16-10-14(3)9-15(4)11-16)17-8-7-13(2)12-18(17)21-5/h7-12,19-20H,6H2,1-5H3. The number of hydrogen-bond acceptors (Lipinski definition) is 2. The minimum Gasteiger partial charge on any atom is -0.496 e. The van der Waals surface area contributed by atoms with Gasteiger partial charge in [-0.2, -0.15) is 0 Å². The third-order valence-corrected chi connectivity index (χ3v) is 3.69. The van der Waals surface area contributed by atoms with E-state index in [4.69, 9.17) is 4.74 Å². The highest BCUT2D eigenvalue weighted by Gasteiger charge is 2.18. The van der Waals surface area contributed by atoms with Gasteiger partial charge in [0.15, 0.2) is 0 Å². The molecule has 2 aromatic rings. The Morgan fingerprint density at radius 1 is 0.952 bits per heavy atom. The molecule has 0 aliphatic rings. The van der Waals surface area contributed by atoms with E-state index in [9.17, 15) is 0 Å². The summed E-state index contributed by atoms with van der Waals surface area (Å²) in [6.45, 7) is 9.42. The molecule has 0 aliphatic carbocycles. The SMILES string of the molecule is CCNC(c1cc(C)cc(C)c1)c1ccc(C)cc1OC. The lowest BCUT2D eigenvalue weighted by Gasteiger charge is -2.22. The van der Waals surface area contributed by atoms with Crippen LogP contribution in [0.15, 0.2) is 36.4 Å².